The average molecular weight is 491 g/mol. The van der Waals surface area contributed by atoms with E-state index in [1.165, 1.54) is 36.8 Å². The topological polar surface area (TPSA) is 60.7 Å². The van der Waals surface area contributed by atoms with Gasteiger partial charge in [0.1, 0.15) is 0 Å². The van der Waals surface area contributed by atoms with E-state index >= 15 is 0 Å². The molecule has 0 radical (unpaired) electrons. The fourth-order valence-electron chi connectivity index (χ4n) is 7.46. The zero-order chi connectivity index (χ0) is 26.1. The van der Waals surface area contributed by atoms with Crippen LogP contribution >= 0.6 is 0 Å². The molecule has 3 nitrogen and oxygen atoms in total. The summed E-state index contributed by atoms with van der Waals surface area (Å²) in [5.41, 5.74) is 4.02. The minimum atomic E-state index is -0.826. The van der Waals surface area contributed by atoms with E-state index in [0.717, 1.165) is 17.6 Å². The van der Waals surface area contributed by atoms with Gasteiger partial charge in [-0.1, -0.05) is 80.6 Å². The Morgan fingerprint density at radius 2 is 1.83 bits per heavy atom. The van der Waals surface area contributed by atoms with E-state index in [2.05, 4.69) is 69.0 Å². The number of fused-ring (bicyclic) bond motifs is 1. The Labute approximate surface area is 218 Å². The van der Waals surface area contributed by atoms with Crippen LogP contribution in [0, 0.1) is 23.2 Å². The molecular formula is C33H46O3. The molecule has 0 heterocycles. The lowest BCUT2D eigenvalue weighted by molar-refractivity contribution is 0.0860. The van der Waals surface area contributed by atoms with Gasteiger partial charge in [0.25, 0.3) is 0 Å². The summed E-state index contributed by atoms with van der Waals surface area (Å²) in [6, 6.07) is 10.8. The van der Waals surface area contributed by atoms with Crippen molar-refractivity contribution in [2.45, 2.75) is 96.4 Å². The number of rotatable bonds is 6. The standard InChI is InChI=1S/C33H46O3/c1-22-26(20-27(34)21-31(22)35)14-13-25-12-9-18-33(5)29(15-16-30(25)33)23(2)28(17-19-32(3,4)36)24-10-7-6-8-11-24/h6-8,10-11,13-14,17,19,23,27-31,34-36H,1,9,12,15-16,18,20-21H2,2-5H3/t23-,27-,28-,29-,30+,31+,33-/m1/s1. The van der Waals surface area contributed by atoms with Crippen LogP contribution in [0.15, 0.2) is 77.9 Å². The van der Waals surface area contributed by atoms with Crippen LogP contribution in [0.25, 0.3) is 0 Å². The van der Waals surface area contributed by atoms with Crippen LogP contribution in [0.4, 0.5) is 0 Å². The lowest BCUT2D eigenvalue weighted by Crippen LogP contribution is -2.37. The van der Waals surface area contributed by atoms with Crippen molar-refractivity contribution in [2.24, 2.45) is 23.2 Å². The van der Waals surface area contributed by atoms with Gasteiger partial charge in [-0.15, -0.1) is 0 Å². The van der Waals surface area contributed by atoms with Crippen LogP contribution in [0.1, 0.15) is 84.1 Å². The number of hydrogen-bond donors (Lipinski definition) is 3. The van der Waals surface area contributed by atoms with E-state index < -0.39 is 17.8 Å². The molecule has 3 aliphatic carbocycles. The summed E-state index contributed by atoms with van der Waals surface area (Å²) in [6.45, 7) is 12.7. The molecule has 1 aromatic rings. The van der Waals surface area contributed by atoms with Gasteiger partial charge in [-0.05, 0) is 92.3 Å². The Morgan fingerprint density at radius 3 is 2.53 bits per heavy atom. The zero-order valence-corrected chi connectivity index (χ0v) is 22.7. The van der Waals surface area contributed by atoms with Gasteiger partial charge in [0.05, 0.1) is 17.8 Å². The van der Waals surface area contributed by atoms with Gasteiger partial charge in [-0.2, -0.15) is 0 Å². The smallest absolute Gasteiger partial charge is 0.0811 e. The number of allylic oxidation sites excluding steroid dienone is 4. The summed E-state index contributed by atoms with van der Waals surface area (Å²) in [5, 5.41) is 30.8. The van der Waals surface area contributed by atoms with Crippen molar-refractivity contribution in [3.05, 3.63) is 83.5 Å². The lowest BCUT2D eigenvalue weighted by atomic mass is 9.59. The first-order valence-electron chi connectivity index (χ1n) is 13.9. The van der Waals surface area contributed by atoms with Crippen LogP contribution in [-0.2, 0) is 0 Å². The predicted octanol–water partition coefficient (Wildman–Crippen LogP) is 6.87. The molecule has 0 saturated heterocycles. The molecule has 3 aliphatic rings. The Bertz CT molecular complexity index is 1010. The van der Waals surface area contributed by atoms with Crippen LogP contribution < -0.4 is 0 Å². The zero-order valence-electron chi connectivity index (χ0n) is 22.7. The number of hydrogen-bond acceptors (Lipinski definition) is 3. The third-order valence-electron chi connectivity index (χ3n) is 9.40. The van der Waals surface area contributed by atoms with Crippen LogP contribution in [0.5, 0.6) is 0 Å². The van der Waals surface area contributed by atoms with Gasteiger partial charge in [0, 0.05) is 12.3 Å². The van der Waals surface area contributed by atoms with Gasteiger partial charge < -0.3 is 15.3 Å². The summed E-state index contributed by atoms with van der Waals surface area (Å²) >= 11 is 0. The second-order valence-corrected chi connectivity index (χ2v) is 12.5. The Kier molecular flexibility index (Phi) is 8.14. The van der Waals surface area contributed by atoms with Crippen molar-refractivity contribution in [3.8, 4) is 0 Å². The molecule has 7 atom stereocenters. The molecule has 0 amide bonds. The number of aliphatic hydroxyl groups is 3. The van der Waals surface area contributed by atoms with Crippen molar-refractivity contribution in [1.82, 2.24) is 0 Å². The van der Waals surface area contributed by atoms with Gasteiger partial charge in [0.15, 0.2) is 0 Å². The molecule has 36 heavy (non-hydrogen) atoms. The SMILES string of the molecule is C=C1C(=CC=C2CCC[C@]3(C)[C@@H]([C@H](C)[C@@H](C=CC(C)(C)O)c4ccccc4)CC[C@@H]23)C[C@@H](O)C[C@@H]1O. The summed E-state index contributed by atoms with van der Waals surface area (Å²) in [4.78, 5) is 0. The molecule has 3 saturated carbocycles. The highest BCUT2D eigenvalue weighted by Crippen LogP contribution is 2.61. The van der Waals surface area contributed by atoms with E-state index in [4.69, 9.17) is 0 Å². The van der Waals surface area contributed by atoms with E-state index in [0.29, 0.717) is 30.6 Å². The Morgan fingerprint density at radius 1 is 1.11 bits per heavy atom. The third kappa shape index (κ3) is 5.79. The normalized spacial score (nSPS) is 35.4. The second kappa shape index (κ2) is 10.8. The van der Waals surface area contributed by atoms with E-state index in [-0.39, 0.29) is 11.3 Å². The summed E-state index contributed by atoms with van der Waals surface area (Å²) < 4.78 is 0. The molecule has 4 rings (SSSR count). The van der Waals surface area contributed by atoms with Crippen molar-refractivity contribution in [2.75, 3.05) is 0 Å². The first-order valence-corrected chi connectivity index (χ1v) is 13.9. The molecule has 0 bridgehead atoms. The molecule has 3 heteroatoms. The maximum Gasteiger partial charge on any atom is 0.0811 e. The fraction of sp³-hybridized carbons (Fsp3) is 0.576. The maximum absolute atomic E-state index is 10.4. The summed E-state index contributed by atoms with van der Waals surface area (Å²) in [6.07, 6.45) is 14.5. The minimum absolute atomic E-state index is 0.250. The molecule has 0 unspecified atom stereocenters. The number of aliphatic hydroxyl groups excluding tert-OH is 2. The first-order chi connectivity index (χ1) is 17.0. The molecule has 0 spiro atoms. The Hall–Kier alpha value is -1.94. The first kappa shape index (κ1) is 27.1. The van der Waals surface area contributed by atoms with Crippen molar-refractivity contribution in [1.29, 1.82) is 0 Å². The van der Waals surface area contributed by atoms with Crippen molar-refractivity contribution >= 4 is 0 Å². The second-order valence-electron chi connectivity index (χ2n) is 12.5. The largest absolute Gasteiger partial charge is 0.393 e. The van der Waals surface area contributed by atoms with Gasteiger partial charge in [0.2, 0.25) is 0 Å². The van der Waals surface area contributed by atoms with E-state index in [9.17, 15) is 15.3 Å². The molecule has 0 aliphatic heterocycles. The average Bonchev–Trinajstić information content (AvgIpc) is 3.18. The molecule has 3 fully saturated rings. The lowest BCUT2D eigenvalue weighted by Gasteiger charge is -2.45. The van der Waals surface area contributed by atoms with Gasteiger partial charge in [-0.3, -0.25) is 0 Å². The third-order valence-corrected chi connectivity index (χ3v) is 9.40. The van der Waals surface area contributed by atoms with Crippen molar-refractivity contribution < 1.29 is 15.3 Å². The van der Waals surface area contributed by atoms with E-state index in [1.54, 1.807) is 0 Å². The Balaban J connectivity index is 1.60. The fourth-order valence-corrected chi connectivity index (χ4v) is 7.46. The number of benzene rings is 1. The van der Waals surface area contributed by atoms with E-state index in [1.807, 2.05) is 19.9 Å². The molecule has 3 N–H and O–H groups in total. The predicted molar refractivity (Wildman–Crippen MR) is 149 cm³/mol. The van der Waals surface area contributed by atoms with Crippen LogP contribution in [0.3, 0.4) is 0 Å². The quantitative estimate of drug-likeness (QED) is 0.381. The van der Waals surface area contributed by atoms with Crippen molar-refractivity contribution in [3.63, 3.8) is 0 Å². The summed E-state index contributed by atoms with van der Waals surface area (Å²) in [7, 11) is 0. The molecule has 0 aromatic heterocycles. The highest BCUT2D eigenvalue weighted by molar-refractivity contribution is 5.39. The molecule has 196 valence electrons. The highest BCUT2D eigenvalue weighted by atomic mass is 16.3. The monoisotopic (exact) mass is 490 g/mol. The maximum atomic E-state index is 10.4. The minimum Gasteiger partial charge on any atom is -0.393 e. The molecule has 1 aromatic carbocycles. The van der Waals surface area contributed by atoms with Gasteiger partial charge in [-0.25, -0.2) is 0 Å². The van der Waals surface area contributed by atoms with Crippen LogP contribution in [0.2, 0.25) is 0 Å². The van der Waals surface area contributed by atoms with Gasteiger partial charge >= 0.3 is 0 Å². The summed E-state index contributed by atoms with van der Waals surface area (Å²) in [5.74, 6) is 1.89. The van der Waals surface area contributed by atoms with Crippen LogP contribution in [-0.4, -0.2) is 33.1 Å². The highest BCUT2D eigenvalue weighted by Gasteiger charge is 2.51. The molecular weight excluding hydrogens is 444 g/mol.